The minimum absolute atomic E-state index is 0.0778. The van der Waals surface area contributed by atoms with Gasteiger partial charge in [0.25, 0.3) is 0 Å². The molecule has 0 saturated heterocycles. The molecule has 0 amide bonds. The summed E-state index contributed by atoms with van der Waals surface area (Å²) in [7, 11) is 0. The molecule has 0 bridgehead atoms. The lowest BCUT2D eigenvalue weighted by Gasteiger charge is -2.28. The minimum atomic E-state index is -0.0778. The van der Waals surface area contributed by atoms with Crippen molar-refractivity contribution in [3.63, 3.8) is 0 Å². The van der Waals surface area contributed by atoms with E-state index in [0.29, 0.717) is 11.6 Å². The average Bonchev–Trinajstić information content (AvgIpc) is 2.36. The second-order valence-electron chi connectivity index (χ2n) is 4.33. The molecule has 2 aromatic rings. The lowest BCUT2D eigenvalue weighted by molar-refractivity contribution is 0.421. The Kier molecular flexibility index (Phi) is 3.50. The van der Waals surface area contributed by atoms with Crippen LogP contribution in [0, 0.1) is 0 Å². The topological polar surface area (TPSA) is 29.5 Å². The van der Waals surface area contributed by atoms with Gasteiger partial charge < -0.3 is 9.84 Å². The SMILES string of the molecule is Oc1cc(Br)cc2c1C(CCl)c1cc(Br)ccc1O2. The first-order chi connectivity index (χ1) is 9.10. The van der Waals surface area contributed by atoms with Gasteiger partial charge in [0, 0.05) is 31.9 Å². The van der Waals surface area contributed by atoms with Crippen molar-refractivity contribution in [2.24, 2.45) is 0 Å². The highest BCUT2D eigenvalue weighted by atomic mass is 79.9. The van der Waals surface area contributed by atoms with E-state index in [2.05, 4.69) is 31.9 Å². The summed E-state index contributed by atoms with van der Waals surface area (Å²) in [6, 6.07) is 9.31. The molecule has 0 aliphatic carbocycles. The Morgan fingerprint density at radius 2 is 1.89 bits per heavy atom. The first kappa shape index (κ1) is 13.3. The molecule has 1 aliphatic rings. The van der Waals surface area contributed by atoms with Crippen LogP contribution in [-0.2, 0) is 0 Å². The number of rotatable bonds is 1. The van der Waals surface area contributed by atoms with Gasteiger partial charge >= 0.3 is 0 Å². The number of aromatic hydroxyl groups is 1. The zero-order valence-electron chi connectivity index (χ0n) is 9.66. The molecular weight excluding hydrogens is 395 g/mol. The van der Waals surface area contributed by atoms with Gasteiger partial charge in [0.05, 0.1) is 0 Å². The first-order valence-corrected chi connectivity index (χ1v) is 7.78. The molecule has 2 nitrogen and oxygen atoms in total. The predicted octanol–water partition coefficient (Wildman–Crippen LogP) is 5.39. The Morgan fingerprint density at radius 1 is 1.11 bits per heavy atom. The Balaban J connectivity index is 2.23. The van der Waals surface area contributed by atoms with Crippen molar-refractivity contribution < 1.29 is 9.84 Å². The van der Waals surface area contributed by atoms with Crippen LogP contribution in [0.5, 0.6) is 17.2 Å². The van der Waals surface area contributed by atoms with E-state index in [1.807, 2.05) is 24.3 Å². The van der Waals surface area contributed by atoms with Gasteiger partial charge in [-0.3, -0.25) is 0 Å². The van der Waals surface area contributed by atoms with Crippen molar-refractivity contribution in [3.05, 3.63) is 50.4 Å². The van der Waals surface area contributed by atoms with Crippen LogP contribution in [0.3, 0.4) is 0 Å². The summed E-state index contributed by atoms with van der Waals surface area (Å²) < 4.78 is 7.60. The van der Waals surface area contributed by atoms with Crippen molar-refractivity contribution in [3.8, 4) is 17.2 Å². The van der Waals surface area contributed by atoms with E-state index in [9.17, 15) is 5.11 Å². The van der Waals surface area contributed by atoms with E-state index in [1.54, 1.807) is 6.07 Å². The fraction of sp³-hybridized carbons (Fsp3) is 0.143. The molecular formula is C14H9Br2ClO2. The monoisotopic (exact) mass is 402 g/mol. The van der Waals surface area contributed by atoms with E-state index in [4.69, 9.17) is 16.3 Å². The standard InChI is InChI=1S/C14H9Br2ClO2/c15-7-1-2-12-9(3-7)10(6-17)14-11(18)4-8(16)5-13(14)19-12/h1-5,10,18H,6H2. The molecule has 0 aromatic heterocycles. The first-order valence-electron chi connectivity index (χ1n) is 5.66. The van der Waals surface area contributed by atoms with Crippen molar-refractivity contribution in [1.82, 2.24) is 0 Å². The maximum absolute atomic E-state index is 10.2. The lowest BCUT2D eigenvalue weighted by Crippen LogP contribution is -2.12. The van der Waals surface area contributed by atoms with Crippen molar-refractivity contribution >= 4 is 43.5 Å². The molecule has 0 spiro atoms. The Bertz CT molecular complexity index is 658. The van der Waals surface area contributed by atoms with Crippen molar-refractivity contribution in [2.75, 3.05) is 5.88 Å². The second-order valence-corrected chi connectivity index (χ2v) is 6.47. The van der Waals surface area contributed by atoms with Gasteiger partial charge in [-0.1, -0.05) is 31.9 Å². The Labute approximate surface area is 132 Å². The fourth-order valence-electron chi connectivity index (χ4n) is 2.33. The molecule has 2 aromatic carbocycles. The van der Waals surface area contributed by atoms with E-state index in [-0.39, 0.29) is 11.7 Å². The van der Waals surface area contributed by atoms with Crippen LogP contribution in [0.4, 0.5) is 0 Å². The number of ether oxygens (including phenoxy) is 1. The van der Waals surface area contributed by atoms with E-state index in [1.165, 1.54) is 0 Å². The number of fused-ring (bicyclic) bond motifs is 2. The normalized spacial score (nSPS) is 16.5. The quantitative estimate of drug-likeness (QED) is 0.646. The molecule has 0 saturated carbocycles. The summed E-state index contributed by atoms with van der Waals surface area (Å²) >= 11 is 12.9. The number of alkyl halides is 1. The fourth-order valence-corrected chi connectivity index (χ4v) is 3.46. The summed E-state index contributed by atoms with van der Waals surface area (Å²) in [6.07, 6.45) is 0. The van der Waals surface area contributed by atoms with Gasteiger partial charge in [0.1, 0.15) is 17.2 Å². The molecule has 0 radical (unpaired) electrons. The largest absolute Gasteiger partial charge is 0.507 e. The van der Waals surface area contributed by atoms with Crippen LogP contribution in [0.25, 0.3) is 0 Å². The number of hydrogen-bond acceptors (Lipinski definition) is 2. The van der Waals surface area contributed by atoms with Crippen molar-refractivity contribution in [1.29, 1.82) is 0 Å². The molecule has 1 heterocycles. The maximum Gasteiger partial charge on any atom is 0.136 e. The molecule has 1 unspecified atom stereocenters. The third kappa shape index (κ3) is 2.26. The Morgan fingerprint density at radius 3 is 2.63 bits per heavy atom. The summed E-state index contributed by atoms with van der Waals surface area (Å²) in [6.45, 7) is 0. The summed E-state index contributed by atoms with van der Waals surface area (Å²) in [5.41, 5.74) is 1.72. The summed E-state index contributed by atoms with van der Waals surface area (Å²) in [4.78, 5) is 0. The molecule has 1 N–H and O–H groups in total. The molecule has 98 valence electrons. The number of hydrogen-bond donors (Lipinski definition) is 1. The molecule has 0 fully saturated rings. The van der Waals surface area contributed by atoms with Gasteiger partial charge in [-0.25, -0.2) is 0 Å². The third-order valence-corrected chi connectivity index (χ3v) is 4.41. The van der Waals surface area contributed by atoms with Crippen LogP contribution in [0.1, 0.15) is 17.0 Å². The zero-order valence-corrected chi connectivity index (χ0v) is 13.6. The van der Waals surface area contributed by atoms with Crippen LogP contribution < -0.4 is 4.74 Å². The summed E-state index contributed by atoms with van der Waals surface area (Å²) in [5, 5.41) is 10.2. The highest BCUT2D eigenvalue weighted by molar-refractivity contribution is 9.10. The highest BCUT2D eigenvalue weighted by Gasteiger charge is 2.30. The molecule has 3 rings (SSSR count). The average molecular weight is 404 g/mol. The third-order valence-electron chi connectivity index (χ3n) is 3.15. The minimum Gasteiger partial charge on any atom is -0.507 e. The number of phenols is 1. The highest BCUT2D eigenvalue weighted by Crippen LogP contribution is 2.49. The van der Waals surface area contributed by atoms with Gasteiger partial charge in [-0.05, 0) is 30.3 Å². The summed E-state index contributed by atoms with van der Waals surface area (Å²) in [5.74, 6) is 1.92. The predicted molar refractivity (Wildman–Crippen MR) is 82.6 cm³/mol. The van der Waals surface area contributed by atoms with Crippen molar-refractivity contribution in [2.45, 2.75) is 5.92 Å². The second kappa shape index (κ2) is 5.00. The molecule has 19 heavy (non-hydrogen) atoms. The lowest BCUT2D eigenvalue weighted by atomic mass is 9.89. The number of benzene rings is 2. The Hall–Kier alpha value is -0.710. The van der Waals surface area contributed by atoms with E-state index in [0.717, 1.165) is 25.8 Å². The van der Waals surface area contributed by atoms with Crippen LogP contribution in [0.2, 0.25) is 0 Å². The van der Waals surface area contributed by atoms with Gasteiger partial charge in [0.15, 0.2) is 0 Å². The van der Waals surface area contributed by atoms with Gasteiger partial charge in [0.2, 0.25) is 0 Å². The molecule has 5 heteroatoms. The van der Waals surface area contributed by atoms with Gasteiger partial charge in [-0.2, -0.15) is 0 Å². The van der Waals surface area contributed by atoms with Crippen LogP contribution >= 0.6 is 43.5 Å². The number of phenolic OH excluding ortho intramolecular Hbond substituents is 1. The van der Waals surface area contributed by atoms with Crippen LogP contribution in [-0.4, -0.2) is 11.0 Å². The number of halogens is 3. The van der Waals surface area contributed by atoms with E-state index >= 15 is 0 Å². The maximum atomic E-state index is 10.2. The molecule has 1 atom stereocenters. The van der Waals surface area contributed by atoms with Crippen LogP contribution in [0.15, 0.2) is 39.3 Å². The van der Waals surface area contributed by atoms with E-state index < -0.39 is 0 Å². The molecule has 1 aliphatic heterocycles. The smallest absolute Gasteiger partial charge is 0.136 e. The van der Waals surface area contributed by atoms with Gasteiger partial charge in [-0.15, -0.1) is 11.6 Å². The zero-order chi connectivity index (χ0) is 13.6.